The van der Waals surface area contributed by atoms with Crippen molar-refractivity contribution in [3.8, 4) is 0 Å². The number of ether oxygens (including phenoxy) is 1. The number of carbonyl (C=O) groups excluding carboxylic acids is 1. The molecule has 0 amide bonds. The van der Waals surface area contributed by atoms with Gasteiger partial charge < -0.3 is 9.72 Å². The third-order valence-corrected chi connectivity index (χ3v) is 3.11. The molecule has 3 nitrogen and oxygen atoms in total. The van der Waals surface area contributed by atoms with Crippen molar-refractivity contribution in [1.29, 1.82) is 0 Å². The van der Waals surface area contributed by atoms with Gasteiger partial charge in [0.15, 0.2) is 0 Å². The van der Waals surface area contributed by atoms with E-state index < -0.39 is 11.8 Å². The quantitative estimate of drug-likeness (QED) is 0.712. The van der Waals surface area contributed by atoms with Crippen LogP contribution < -0.4 is 0 Å². The maximum atomic E-state index is 13.9. The summed E-state index contributed by atoms with van der Waals surface area (Å²) in [6.45, 7) is 1.91. The van der Waals surface area contributed by atoms with Gasteiger partial charge in [-0.1, -0.05) is 18.2 Å². The molecule has 0 saturated heterocycles. The van der Waals surface area contributed by atoms with Crippen LogP contribution in [-0.4, -0.2) is 17.6 Å². The summed E-state index contributed by atoms with van der Waals surface area (Å²) in [5.74, 6) is -1.21. The predicted octanol–water partition coefficient (Wildman–Crippen LogP) is 3.64. The van der Waals surface area contributed by atoms with Crippen LogP contribution in [0.5, 0.6) is 0 Å². The fourth-order valence-electron chi connectivity index (χ4n) is 2.30. The van der Waals surface area contributed by atoms with Gasteiger partial charge in [-0.15, -0.1) is 0 Å². The summed E-state index contributed by atoms with van der Waals surface area (Å²) in [6.07, 6.45) is 0. The number of carbonyl (C=O) groups is 1. The molecule has 0 radical (unpaired) electrons. The average molecular weight is 257 g/mol. The van der Waals surface area contributed by atoms with Crippen molar-refractivity contribution in [1.82, 2.24) is 4.98 Å². The molecule has 1 aromatic heterocycles. The van der Waals surface area contributed by atoms with Crippen LogP contribution in [0.4, 0.5) is 4.39 Å². The maximum absolute atomic E-state index is 13.9. The lowest BCUT2D eigenvalue weighted by atomic mass is 10.1. The molecule has 0 unspecified atom stereocenters. The zero-order valence-electron chi connectivity index (χ0n) is 10.4. The third-order valence-electron chi connectivity index (χ3n) is 3.11. The molecule has 0 saturated carbocycles. The lowest BCUT2D eigenvalue weighted by molar-refractivity contribution is 0.0523. The van der Waals surface area contributed by atoms with Crippen LogP contribution in [0.1, 0.15) is 17.3 Å². The van der Waals surface area contributed by atoms with Crippen molar-refractivity contribution in [3.63, 3.8) is 0 Å². The summed E-state index contributed by atoms with van der Waals surface area (Å²) < 4.78 is 18.8. The fraction of sp³-hybridized carbons (Fsp3) is 0.133. The zero-order chi connectivity index (χ0) is 13.4. The molecule has 0 aliphatic rings. The Balaban J connectivity index is 2.36. The zero-order valence-corrected chi connectivity index (χ0v) is 10.4. The van der Waals surface area contributed by atoms with Gasteiger partial charge in [0.2, 0.25) is 0 Å². The number of benzene rings is 2. The van der Waals surface area contributed by atoms with Crippen molar-refractivity contribution in [2.24, 2.45) is 0 Å². The second-order valence-electron chi connectivity index (χ2n) is 4.24. The van der Waals surface area contributed by atoms with Crippen molar-refractivity contribution in [2.45, 2.75) is 6.92 Å². The summed E-state index contributed by atoms with van der Waals surface area (Å²) in [7, 11) is 0. The predicted molar refractivity (Wildman–Crippen MR) is 71.7 cm³/mol. The topological polar surface area (TPSA) is 42.1 Å². The number of hydrogen-bond donors (Lipinski definition) is 1. The Morgan fingerprint density at radius 1 is 1.21 bits per heavy atom. The molecule has 1 N–H and O–H groups in total. The summed E-state index contributed by atoms with van der Waals surface area (Å²) in [6, 6.07) is 10.6. The minimum absolute atomic E-state index is 0.0319. The number of nitrogens with one attached hydrogen (secondary N) is 1. The number of aromatic nitrogens is 1. The average Bonchev–Trinajstić information content (AvgIpc) is 2.76. The third kappa shape index (κ3) is 1.76. The van der Waals surface area contributed by atoms with E-state index in [0.717, 1.165) is 16.3 Å². The van der Waals surface area contributed by atoms with Crippen LogP contribution in [0.3, 0.4) is 0 Å². The van der Waals surface area contributed by atoms with Crippen molar-refractivity contribution < 1.29 is 13.9 Å². The Bertz CT molecular complexity index is 776. The Kier molecular flexibility index (Phi) is 2.71. The normalized spacial score (nSPS) is 11.1. The number of H-pyrrole nitrogens is 1. The molecule has 3 rings (SSSR count). The standard InChI is InChI=1S/C15H12FNO2/c1-2-19-15(18)13-11(16)8-7-10-9-5-3-4-6-12(9)17-14(10)13/h3-8,17H,2H2,1H3. The lowest BCUT2D eigenvalue weighted by Crippen LogP contribution is -2.08. The molecule has 3 aromatic rings. The van der Waals surface area contributed by atoms with Crippen LogP contribution in [0.2, 0.25) is 0 Å². The number of halogens is 1. The van der Waals surface area contributed by atoms with E-state index >= 15 is 0 Å². The molecule has 0 aliphatic heterocycles. The van der Waals surface area contributed by atoms with E-state index in [9.17, 15) is 9.18 Å². The molecule has 0 spiro atoms. The molecule has 96 valence electrons. The van der Waals surface area contributed by atoms with Gasteiger partial charge in [-0.25, -0.2) is 9.18 Å². The Morgan fingerprint density at radius 3 is 2.79 bits per heavy atom. The van der Waals surface area contributed by atoms with Gasteiger partial charge in [-0.05, 0) is 25.1 Å². The minimum atomic E-state index is -0.642. The van der Waals surface area contributed by atoms with Gasteiger partial charge in [0.05, 0.1) is 12.1 Å². The molecule has 0 fully saturated rings. The maximum Gasteiger partial charge on any atom is 0.343 e. The van der Waals surface area contributed by atoms with E-state index in [2.05, 4.69) is 4.98 Å². The van der Waals surface area contributed by atoms with E-state index in [4.69, 9.17) is 4.74 Å². The summed E-state index contributed by atoms with van der Waals surface area (Å²) in [4.78, 5) is 15.0. The Morgan fingerprint density at radius 2 is 2.00 bits per heavy atom. The van der Waals surface area contributed by atoms with Crippen molar-refractivity contribution in [3.05, 3.63) is 47.8 Å². The first kappa shape index (κ1) is 11.7. The summed E-state index contributed by atoms with van der Waals surface area (Å²) in [5.41, 5.74) is 1.32. The minimum Gasteiger partial charge on any atom is -0.462 e. The van der Waals surface area contributed by atoms with Gasteiger partial charge >= 0.3 is 5.97 Å². The van der Waals surface area contributed by atoms with Crippen LogP contribution in [-0.2, 0) is 4.74 Å². The van der Waals surface area contributed by atoms with E-state index in [-0.39, 0.29) is 12.2 Å². The number of aromatic amines is 1. The Hall–Kier alpha value is -2.36. The second-order valence-corrected chi connectivity index (χ2v) is 4.24. The van der Waals surface area contributed by atoms with E-state index in [1.807, 2.05) is 24.3 Å². The molecular formula is C15H12FNO2. The molecule has 0 aliphatic carbocycles. The van der Waals surface area contributed by atoms with Crippen LogP contribution >= 0.6 is 0 Å². The highest BCUT2D eigenvalue weighted by molar-refractivity contribution is 6.14. The second kappa shape index (κ2) is 4.39. The number of para-hydroxylation sites is 1. The van der Waals surface area contributed by atoms with Gasteiger partial charge in [-0.3, -0.25) is 0 Å². The van der Waals surface area contributed by atoms with E-state index in [1.54, 1.807) is 13.0 Å². The molecule has 0 bridgehead atoms. The number of hydrogen-bond acceptors (Lipinski definition) is 2. The SMILES string of the molecule is CCOC(=O)c1c(F)ccc2c1[nH]c1ccccc12. The first-order chi connectivity index (χ1) is 9.22. The van der Waals surface area contributed by atoms with Crippen LogP contribution in [0.15, 0.2) is 36.4 Å². The van der Waals surface area contributed by atoms with Crippen molar-refractivity contribution >= 4 is 27.8 Å². The molecule has 1 heterocycles. The van der Waals surface area contributed by atoms with Gasteiger partial charge in [-0.2, -0.15) is 0 Å². The number of esters is 1. The molecule has 4 heteroatoms. The van der Waals surface area contributed by atoms with E-state index in [1.165, 1.54) is 6.07 Å². The van der Waals surface area contributed by atoms with Gasteiger partial charge in [0, 0.05) is 16.3 Å². The lowest BCUT2D eigenvalue weighted by Gasteiger charge is -2.04. The molecular weight excluding hydrogens is 245 g/mol. The smallest absolute Gasteiger partial charge is 0.343 e. The Labute approximate surface area is 109 Å². The highest BCUT2D eigenvalue weighted by Gasteiger charge is 2.19. The first-order valence-corrected chi connectivity index (χ1v) is 6.08. The number of rotatable bonds is 2. The van der Waals surface area contributed by atoms with Gasteiger partial charge in [0.1, 0.15) is 11.4 Å². The summed E-state index contributed by atoms with van der Waals surface area (Å²) >= 11 is 0. The van der Waals surface area contributed by atoms with E-state index in [0.29, 0.717) is 5.52 Å². The largest absolute Gasteiger partial charge is 0.462 e. The highest BCUT2D eigenvalue weighted by atomic mass is 19.1. The summed E-state index contributed by atoms with van der Waals surface area (Å²) in [5, 5.41) is 1.78. The van der Waals surface area contributed by atoms with Crippen LogP contribution in [0, 0.1) is 5.82 Å². The highest BCUT2D eigenvalue weighted by Crippen LogP contribution is 2.29. The van der Waals surface area contributed by atoms with Crippen LogP contribution in [0.25, 0.3) is 21.8 Å². The number of fused-ring (bicyclic) bond motifs is 3. The molecule has 0 atom stereocenters. The fourth-order valence-corrected chi connectivity index (χ4v) is 2.30. The molecule has 2 aromatic carbocycles. The van der Waals surface area contributed by atoms with Gasteiger partial charge in [0.25, 0.3) is 0 Å². The molecule has 19 heavy (non-hydrogen) atoms. The monoisotopic (exact) mass is 257 g/mol. The first-order valence-electron chi connectivity index (χ1n) is 6.08. The van der Waals surface area contributed by atoms with Crippen molar-refractivity contribution in [2.75, 3.05) is 6.61 Å².